The molecule has 3 rings (SSSR count). The smallest absolute Gasteiger partial charge is 0.186 e. The van der Waals surface area contributed by atoms with Gasteiger partial charge in [-0.15, -0.1) is 10.2 Å². The largest absolute Gasteiger partial charge is 0.207 e. The van der Waals surface area contributed by atoms with E-state index in [1.54, 1.807) is 18.2 Å². The standard InChI is InChI=1S/C11H5BrClFN4/c12-8-5-6(14)1-2-7(8)11-16-15-10-4-3-9(13)17-18(10)11/h1-5H. The molecule has 0 atom stereocenters. The Kier molecular flexibility index (Phi) is 2.76. The number of benzene rings is 1. The molecular formula is C11H5BrClFN4. The molecule has 3 aromatic rings. The van der Waals surface area contributed by atoms with Crippen molar-refractivity contribution in [1.82, 2.24) is 19.8 Å². The monoisotopic (exact) mass is 326 g/mol. The van der Waals surface area contributed by atoms with Gasteiger partial charge in [0, 0.05) is 10.0 Å². The summed E-state index contributed by atoms with van der Waals surface area (Å²) in [6.07, 6.45) is 0. The number of hydrogen-bond acceptors (Lipinski definition) is 3. The maximum atomic E-state index is 13.1. The molecule has 0 saturated carbocycles. The van der Waals surface area contributed by atoms with Gasteiger partial charge >= 0.3 is 0 Å². The predicted molar refractivity (Wildman–Crippen MR) is 68.9 cm³/mol. The van der Waals surface area contributed by atoms with E-state index < -0.39 is 0 Å². The number of halogens is 3. The first-order chi connectivity index (χ1) is 8.65. The van der Waals surface area contributed by atoms with Crippen molar-refractivity contribution in [2.75, 3.05) is 0 Å². The molecule has 0 aliphatic carbocycles. The summed E-state index contributed by atoms with van der Waals surface area (Å²) in [6.45, 7) is 0. The van der Waals surface area contributed by atoms with E-state index in [1.807, 2.05) is 0 Å². The Balaban J connectivity index is 2.28. The molecule has 0 bridgehead atoms. The molecule has 0 spiro atoms. The van der Waals surface area contributed by atoms with E-state index in [1.165, 1.54) is 16.6 Å². The molecule has 0 saturated heterocycles. The van der Waals surface area contributed by atoms with Gasteiger partial charge in [0.2, 0.25) is 0 Å². The SMILES string of the molecule is Fc1ccc(-c2nnc3ccc(Cl)nn23)c(Br)c1. The molecule has 18 heavy (non-hydrogen) atoms. The van der Waals surface area contributed by atoms with Crippen LogP contribution >= 0.6 is 27.5 Å². The predicted octanol–water partition coefficient (Wildman–Crippen LogP) is 3.35. The molecular weight excluding hydrogens is 323 g/mol. The van der Waals surface area contributed by atoms with E-state index >= 15 is 0 Å². The van der Waals surface area contributed by atoms with Gasteiger partial charge in [-0.3, -0.25) is 0 Å². The molecule has 0 aliphatic rings. The summed E-state index contributed by atoms with van der Waals surface area (Å²) in [5.74, 6) is 0.171. The van der Waals surface area contributed by atoms with Crippen molar-refractivity contribution in [3.05, 3.63) is 45.8 Å². The van der Waals surface area contributed by atoms with Crippen molar-refractivity contribution in [2.24, 2.45) is 0 Å². The third kappa shape index (κ3) is 1.87. The minimum atomic E-state index is -0.328. The van der Waals surface area contributed by atoms with Crippen molar-refractivity contribution < 1.29 is 4.39 Å². The maximum absolute atomic E-state index is 13.1. The van der Waals surface area contributed by atoms with Crippen molar-refractivity contribution >= 4 is 33.2 Å². The maximum Gasteiger partial charge on any atom is 0.186 e. The van der Waals surface area contributed by atoms with E-state index in [4.69, 9.17) is 11.6 Å². The summed E-state index contributed by atoms with van der Waals surface area (Å²) in [6, 6.07) is 7.67. The minimum Gasteiger partial charge on any atom is -0.207 e. The van der Waals surface area contributed by atoms with Gasteiger partial charge in [-0.05, 0) is 46.3 Å². The Morgan fingerprint density at radius 1 is 1.17 bits per heavy atom. The molecule has 1 aromatic carbocycles. The van der Waals surface area contributed by atoms with Crippen molar-refractivity contribution in [3.8, 4) is 11.4 Å². The van der Waals surface area contributed by atoms with Gasteiger partial charge < -0.3 is 0 Å². The zero-order valence-electron chi connectivity index (χ0n) is 8.81. The van der Waals surface area contributed by atoms with Gasteiger partial charge in [-0.25, -0.2) is 4.39 Å². The van der Waals surface area contributed by atoms with Crippen molar-refractivity contribution in [3.63, 3.8) is 0 Å². The fourth-order valence-electron chi connectivity index (χ4n) is 1.61. The van der Waals surface area contributed by atoms with Crippen molar-refractivity contribution in [1.29, 1.82) is 0 Å². The fourth-order valence-corrected chi connectivity index (χ4v) is 2.27. The first kappa shape index (κ1) is 11.6. The van der Waals surface area contributed by atoms with Crippen LogP contribution in [0.1, 0.15) is 0 Å². The van der Waals surface area contributed by atoms with Gasteiger partial charge in [-0.1, -0.05) is 11.6 Å². The fraction of sp³-hybridized carbons (Fsp3) is 0. The van der Waals surface area contributed by atoms with Gasteiger partial charge in [0.25, 0.3) is 0 Å². The third-order valence-electron chi connectivity index (χ3n) is 2.40. The second kappa shape index (κ2) is 4.29. The molecule has 7 heteroatoms. The van der Waals surface area contributed by atoms with Gasteiger partial charge in [0.15, 0.2) is 11.5 Å². The summed E-state index contributed by atoms with van der Waals surface area (Å²) in [5, 5.41) is 12.5. The summed E-state index contributed by atoms with van der Waals surface area (Å²) in [4.78, 5) is 0. The number of aromatic nitrogens is 4. The van der Waals surface area contributed by atoms with Crippen LogP contribution in [-0.4, -0.2) is 19.8 Å². The highest BCUT2D eigenvalue weighted by Gasteiger charge is 2.13. The van der Waals surface area contributed by atoms with E-state index in [0.717, 1.165) is 0 Å². The van der Waals surface area contributed by atoms with Crippen LogP contribution in [0.4, 0.5) is 4.39 Å². The topological polar surface area (TPSA) is 43.1 Å². The Morgan fingerprint density at radius 3 is 2.78 bits per heavy atom. The molecule has 4 nitrogen and oxygen atoms in total. The molecule has 0 N–H and O–H groups in total. The Bertz CT molecular complexity index is 743. The van der Waals surface area contributed by atoms with Crippen LogP contribution in [0.3, 0.4) is 0 Å². The molecule has 2 heterocycles. The van der Waals surface area contributed by atoms with Gasteiger partial charge in [0.1, 0.15) is 11.0 Å². The summed E-state index contributed by atoms with van der Waals surface area (Å²) in [7, 11) is 0. The highest BCUT2D eigenvalue weighted by molar-refractivity contribution is 9.10. The first-order valence-electron chi connectivity index (χ1n) is 4.98. The van der Waals surface area contributed by atoms with Crippen LogP contribution in [0.15, 0.2) is 34.8 Å². The minimum absolute atomic E-state index is 0.328. The Labute approximate surface area is 115 Å². The van der Waals surface area contributed by atoms with E-state index in [2.05, 4.69) is 31.2 Å². The average Bonchev–Trinajstić information content (AvgIpc) is 2.72. The highest BCUT2D eigenvalue weighted by Crippen LogP contribution is 2.27. The third-order valence-corrected chi connectivity index (χ3v) is 3.26. The lowest BCUT2D eigenvalue weighted by atomic mass is 10.2. The van der Waals surface area contributed by atoms with E-state index in [9.17, 15) is 4.39 Å². The lowest BCUT2D eigenvalue weighted by molar-refractivity contribution is 0.627. The number of nitrogens with zero attached hydrogens (tertiary/aromatic N) is 4. The highest BCUT2D eigenvalue weighted by atomic mass is 79.9. The summed E-state index contributed by atoms with van der Waals surface area (Å²) >= 11 is 9.13. The van der Waals surface area contributed by atoms with Gasteiger partial charge in [0.05, 0.1) is 0 Å². The average molecular weight is 328 g/mol. The molecule has 0 amide bonds. The Morgan fingerprint density at radius 2 is 2.00 bits per heavy atom. The lowest BCUT2D eigenvalue weighted by Crippen LogP contribution is -1.95. The molecule has 0 unspecified atom stereocenters. The molecule has 0 aliphatic heterocycles. The van der Waals surface area contributed by atoms with Crippen LogP contribution in [0.2, 0.25) is 5.15 Å². The number of hydrogen-bond donors (Lipinski definition) is 0. The lowest BCUT2D eigenvalue weighted by Gasteiger charge is -2.02. The Hall–Kier alpha value is -1.53. The van der Waals surface area contributed by atoms with Crippen LogP contribution in [-0.2, 0) is 0 Å². The zero-order chi connectivity index (χ0) is 12.7. The molecule has 2 aromatic heterocycles. The second-order valence-electron chi connectivity index (χ2n) is 3.57. The van der Waals surface area contributed by atoms with Crippen LogP contribution in [0.5, 0.6) is 0 Å². The van der Waals surface area contributed by atoms with Crippen LogP contribution in [0.25, 0.3) is 17.0 Å². The van der Waals surface area contributed by atoms with Crippen molar-refractivity contribution in [2.45, 2.75) is 0 Å². The van der Waals surface area contributed by atoms with Gasteiger partial charge in [-0.2, -0.15) is 9.61 Å². The number of fused-ring (bicyclic) bond motifs is 1. The van der Waals surface area contributed by atoms with E-state index in [-0.39, 0.29) is 5.82 Å². The molecule has 0 fully saturated rings. The van der Waals surface area contributed by atoms with E-state index in [0.29, 0.717) is 26.7 Å². The quantitative estimate of drug-likeness (QED) is 0.688. The summed E-state index contributed by atoms with van der Waals surface area (Å²) in [5.41, 5.74) is 1.27. The molecule has 0 radical (unpaired) electrons. The normalized spacial score (nSPS) is 11.1. The second-order valence-corrected chi connectivity index (χ2v) is 4.82. The molecule has 90 valence electrons. The summed E-state index contributed by atoms with van der Waals surface area (Å²) < 4.78 is 15.2. The first-order valence-corrected chi connectivity index (χ1v) is 6.15. The van der Waals surface area contributed by atoms with Crippen LogP contribution in [0, 0.1) is 5.82 Å². The number of rotatable bonds is 1. The van der Waals surface area contributed by atoms with Crippen LogP contribution < -0.4 is 0 Å². The zero-order valence-corrected chi connectivity index (χ0v) is 11.2.